The van der Waals surface area contributed by atoms with E-state index in [1.165, 1.54) is 24.1 Å². The van der Waals surface area contributed by atoms with Gasteiger partial charge in [-0.25, -0.2) is 4.31 Å². The molecule has 1 fully saturated rings. The molecule has 0 saturated carbocycles. The minimum Gasteiger partial charge on any atom is -0.258 e. The van der Waals surface area contributed by atoms with Gasteiger partial charge in [0.25, 0.3) is 11.4 Å². The van der Waals surface area contributed by atoms with Crippen LogP contribution in [0.15, 0.2) is 83.8 Å². The number of benzene rings is 3. The number of hydrogen-bond donors (Lipinski definition) is 0. The first-order valence-corrected chi connectivity index (χ1v) is 9.32. The first-order chi connectivity index (χ1) is 13.6. The topological polar surface area (TPSA) is 89.3 Å². The van der Waals surface area contributed by atoms with Crippen LogP contribution in [-0.2, 0) is 0 Å². The molecule has 28 heavy (non-hydrogen) atoms. The van der Waals surface area contributed by atoms with Gasteiger partial charge < -0.3 is 0 Å². The van der Waals surface area contributed by atoms with Crippen molar-refractivity contribution < 1.29 is 9.85 Å². The third-order valence-electron chi connectivity index (χ3n) is 4.59. The molecular weight excluding hydrogens is 378 g/mol. The molecule has 3 aromatic carbocycles. The Kier molecular flexibility index (Phi) is 4.81. The van der Waals surface area contributed by atoms with E-state index in [4.69, 9.17) is 0 Å². The van der Waals surface area contributed by atoms with Gasteiger partial charge in [-0.3, -0.25) is 20.2 Å². The van der Waals surface area contributed by atoms with Gasteiger partial charge in [-0.2, -0.15) is 0 Å². The summed E-state index contributed by atoms with van der Waals surface area (Å²) < 4.78 is 2.08. The Hall–Kier alpha value is -3.23. The fraction of sp³-hybridized carbons (Fsp3) is 0.100. The van der Waals surface area contributed by atoms with Crippen molar-refractivity contribution in [2.45, 2.75) is 17.0 Å². The van der Waals surface area contributed by atoms with Crippen LogP contribution in [-0.4, -0.2) is 14.2 Å². The van der Waals surface area contributed by atoms with E-state index < -0.39 is 9.85 Å². The Morgan fingerprint density at radius 1 is 0.750 bits per heavy atom. The predicted molar refractivity (Wildman–Crippen MR) is 106 cm³/mol. The molecule has 3 aromatic rings. The first-order valence-electron chi connectivity index (χ1n) is 8.55. The summed E-state index contributed by atoms with van der Waals surface area (Å²) in [6.45, 7) is 0. The smallest absolute Gasteiger partial charge is 0.258 e. The Balaban J connectivity index is 1.68. The molecule has 7 nitrogen and oxygen atoms in total. The first kappa shape index (κ1) is 18.1. The molecule has 2 atom stereocenters. The van der Waals surface area contributed by atoms with Gasteiger partial charge in [0, 0.05) is 6.07 Å². The van der Waals surface area contributed by atoms with Crippen LogP contribution in [0.2, 0.25) is 0 Å². The minimum absolute atomic E-state index is 0.0726. The number of nitro groups is 2. The Bertz CT molecular complexity index is 985. The Labute approximate surface area is 165 Å². The fourth-order valence-corrected chi connectivity index (χ4v) is 4.47. The van der Waals surface area contributed by atoms with Crippen molar-refractivity contribution in [2.24, 2.45) is 0 Å². The van der Waals surface area contributed by atoms with E-state index in [0.29, 0.717) is 4.90 Å². The summed E-state index contributed by atoms with van der Waals surface area (Å²) in [5.41, 5.74) is 1.69. The van der Waals surface area contributed by atoms with Gasteiger partial charge in [-0.1, -0.05) is 60.7 Å². The third kappa shape index (κ3) is 3.47. The van der Waals surface area contributed by atoms with Crippen LogP contribution in [0.5, 0.6) is 0 Å². The maximum Gasteiger partial charge on any atom is 0.291 e. The molecule has 0 spiro atoms. The average molecular weight is 393 g/mol. The normalized spacial score (nSPS) is 20.5. The number of non-ortho nitro benzene ring substituents is 1. The van der Waals surface area contributed by atoms with Crippen LogP contribution < -0.4 is 0 Å². The Morgan fingerprint density at radius 3 is 1.75 bits per heavy atom. The second-order valence-corrected chi connectivity index (χ2v) is 7.37. The van der Waals surface area contributed by atoms with E-state index in [9.17, 15) is 20.2 Å². The molecule has 0 radical (unpaired) electrons. The van der Waals surface area contributed by atoms with Crippen molar-refractivity contribution in [1.82, 2.24) is 4.31 Å². The van der Waals surface area contributed by atoms with Crippen molar-refractivity contribution in [2.75, 3.05) is 0 Å². The molecule has 0 aromatic heterocycles. The highest BCUT2D eigenvalue weighted by Gasteiger charge is 2.51. The molecule has 0 bridgehead atoms. The average Bonchev–Trinajstić information content (AvgIpc) is 3.43. The molecule has 1 saturated heterocycles. The zero-order valence-corrected chi connectivity index (χ0v) is 15.4. The molecule has 2 unspecified atom stereocenters. The molecule has 8 heteroatoms. The molecule has 0 amide bonds. The van der Waals surface area contributed by atoms with Crippen LogP contribution in [0.4, 0.5) is 11.4 Å². The molecule has 0 N–H and O–H groups in total. The lowest BCUT2D eigenvalue weighted by Crippen LogP contribution is -1.96. The SMILES string of the molecule is O=[N+]([O-])c1ccc(SN2C(c3ccccc3)C2c2ccccc2)c([N+](=O)[O-])c1. The summed E-state index contributed by atoms with van der Waals surface area (Å²) >= 11 is 1.26. The number of hydrogen-bond acceptors (Lipinski definition) is 6. The second kappa shape index (κ2) is 7.41. The van der Waals surface area contributed by atoms with Crippen molar-refractivity contribution in [3.05, 3.63) is 110 Å². The van der Waals surface area contributed by atoms with Crippen LogP contribution in [0.25, 0.3) is 0 Å². The second-order valence-electron chi connectivity index (χ2n) is 6.33. The molecule has 1 heterocycles. The van der Waals surface area contributed by atoms with Gasteiger partial charge in [0.05, 0.1) is 28.0 Å². The van der Waals surface area contributed by atoms with Crippen molar-refractivity contribution in [3.63, 3.8) is 0 Å². The van der Waals surface area contributed by atoms with E-state index >= 15 is 0 Å². The molecule has 4 rings (SSSR count). The van der Waals surface area contributed by atoms with Crippen LogP contribution in [0, 0.1) is 20.2 Å². The maximum atomic E-state index is 11.5. The summed E-state index contributed by atoms with van der Waals surface area (Å²) in [4.78, 5) is 21.6. The number of rotatable bonds is 6. The predicted octanol–water partition coefficient (Wildman–Crippen LogP) is 5.31. The lowest BCUT2D eigenvalue weighted by atomic mass is 10.0. The van der Waals surface area contributed by atoms with E-state index in [1.54, 1.807) is 0 Å². The minimum atomic E-state index is -0.627. The molecule has 140 valence electrons. The molecule has 0 aliphatic carbocycles. The van der Waals surface area contributed by atoms with E-state index in [2.05, 4.69) is 4.31 Å². The van der Waals surface area contributed by atoms with Gasteiger partial charge in [0.1, 0.15) is 4.90 Å². The summed E-state index contributed by atoms with van der Waals surface area (Å²) in [5.74, 6) is 0. The monoisotopic (exact) mass is 393 g/mol. The van der Waals surface area contributed by atoms with E-state index in [1.807, 2.05) is 60.7 Å². The van der Waals surface area contributed by atoms with Gasteiger partial charge in [-0.15, -0.1) is 0 Å². The highest BCUT2D eigenvalue weighted by Crippen LogP contribution is 2.61. The Morgan fingerprint density at radius 2 is 1.29 bits per heavy atom. The van der Waals surface area contributed by atoms with Crippen molar-refractivity contribution in [1.29, 1.82) is 0 Å². The lowest BCUT2D eigenvalue weighted by molar-refractivity contribution is -0.396. The number of nitro benzene ring substituents is 2. The molecule has 1 aliphatic rings. The standard InChI is InChI=1S/C20H15N3O4S/c24-22(25)16-11-12-18(17(13-16)23(26)27)28-21-19(14-7-3-1-4-8-14)20(21)15-9-5-2-6-10-15/h1-13,19-20H. The summed E-state index contributed by atoms with van der Waals surface area (Å²) in [7, 11) is 0. The summed E-state index contributed by atoms with van der Waals surface area (Å²) in [5, 5.41) is 22.4. The third-order valence-corrected chi connectivity index (χ3v) is 5.80. The van der Waals surface area contributed by atoms with Gasteiger partial charge in [-0.05, 0) is 29.1 Å². The largest absolute Gasteiger partial charge is 0.291 e. The quantitative estimate of drug-likeness (QED) is 0.244. The van der Waals surface area contributed by atoms with Crippen LogP contribution >= 0.6 is 11.9 Å². The van der Waals surface area contributed by atoms with Crippen LogP contribution in [0.3, 0.4) is 0 Å². The zero-order valence-electron chi connectivity index (χ0n) is 14.5. The molecular formula is C20H15N3O4S. The summed E-state index contributed by atoms with van der Waals surface area (Å²) in [6.07, 6.45) is 0. The highest BCUT2D eigenvalue weighted by molar-refractivity contribution is 7.97. The van der Waals surface area contributed by atoms with Crippen molar-refractivity contribution in [3.8, 4) is 0 Å². The van der Waals surface area contributed by atoms with Gasteiger partial charge in [0.15, 0.2) is 0 Å². The zero-order chi connectivity index (χ0) is 19.7. The van der Waals surface area contributed by atoms with E-state index in [0.717, 1.165) is 17.2 Å². The highest BCUT2D eigenvalue weighted by atomic mass is 32.2. The molecule has 1 aliphatic heterocycles. The van der Waals surface area contributed by atoms with Gasteiger partial charge >= 0.3 is 0 Å². The summed E-state index contributed by atoms with van der Waals surface area (Å²) in [6, 6.07) is 23.8. The van der Waals surface area contributed by atoms with Crippen molar-refractivity contribution >= 4 is 23.3 Å². The maximum absolute atomic E-state index is 11.5. The van der Waals surface area contributed by atoms with Crippen LogP contribution in [0.1, 0.15) is 23.2 Å². The fourth-order valence-electron chi connectivity index (χ4n) is 3.24. The van der Waals surface area contributed by atoms with Gasteiger partial charge in [0.2, 0.25) is 0 Å². The lowest BCUT2D eigenvalue weighted by Gasteiger charge is -2.05. The van der Waals surface area contributed by atoms with E-state index in [-0.39, 0.29) is 23.5 Å². The number of nitrogens with zero attached hydrogens (tertiary/aromatic N) is 3.